The van der Waals surface area contributed by atoms with Crippen molar-refractivity contribution in [3.8, 4) is 5.75 Å². The average molecular weight is 393 g/mol. The third-order valence-corrected chi connectivity index (χ3v) is 4.79. The first-order chi connectivity index (χ1) is 14.0. The first-order valence-electron chi connectivity index (χ1n) is 9.45. The fraction of sp³-hybridized carbons (Fsp3) is 0.208. The lowest BCUT2D eigenvalue weighted by atomic mass is 9.94. The molecule has 0 aliphatic heterocycles. The summed E-state index contributed by atoms with van der Waals surface area (Å²) in [5.41, 5.74) is 0.618. The molecular weight excluding hydrogens is 369 g/mol. The number of methoxy groups -OCH3 is 1. The number of hydrogen-bond acceptors (Lipinski definition) is 3. The van der Waals surface area contributed by atoms with Crippen LogP contribution >= 0.6 is 0 Å². The Morgan fingerprint density at radius 3 is 2.38 bits per heavy atom. The number of nitrogens with one attached hydrogen (secondary N) is 1. The van der Waals surface area contributed by atoms with Crippen molar-refractivity contribution in [2.75, 3.05) is 7.11 Å². The summed E-state index contributed by atoms with van der Waals surface area (Å²) in [6.07, 6.45) is 0.868. The van der Waals surface area contributed by atoms with Crippen LogP contribution in [0.5, 0.6) is 5.75 Å². The molecule has 5 heteroatoms. The normalized spacial score (nSPS) is 12.8. The van der Waals surface area contributed by atoms with Crippen LogP contribution < -0.4 is 10.1 Å². The highest BCUT2D eigenvalue weighted by Gasteiger charge is 2.31. The summed E-state index contributed by atoms with van der Waals surface area (Å²) in [4.78, 5) is 12.6. The average Bonchev–Trinajstić information content (AvgIpc) is 2.73. The van der Waals surface area contributed by atoms with Gasteiger partial charge in [0.25, 0.3) is 0 Å². The minimum Gasteiger partial charge on any atom is -0.497 e. The Labute approximate surface area is 170 Å². The number of aryl methyl sites for hydroxylation is 1. The Bertz CT molecular complexity index is 944. The van der Waals surface area contributed by atoms with E-state index in [1.54, 1.807) is 7.11 Å². The van der Waals surface area contributed by atoms with E-state index in [4.69, 9.17) is 4.74 Å². The SMILES string of the molecule is COc1cccc(CCC(O)(NC(=O)Cc2ccccc2)c2ccc(F)cc2)c1. The molecule has 0 aliphatic carbocycles. The van der Waals surface area contributed by atoms with E-state index >= 15 is 0 Å². The van der Waals surface area contributed by atoms with E-state index in [0.717, 1.165) is 16.9 Å². The maximum atomic E-state index is 13.4. The van der Waals surface area contributed by atoms with Gasteiger partial charge < -0.3 is 15.2 Å². The second-order valence-electron chi connectivity index (χ2n) is 6.93. The molecule has 1 amide bonds. The zero-order valence-corrected chi connectivity index (χ0v) is 16.3. The largest absolute Gasteiger partial charge is 0.497 e. The lowest BCUT2D eigenvalue weighted by Gasteiger charge is -2.30. The number of rotatable bonds is 8. The van der Waals surface area contributed by atoms with Crippen LogP contribution in [0.4, 0.5) is 4.39 Å². The van der Waals surface area contributed by atoms with E-state index in [1.807, 2.05) is 54.6 Å². The lowest BCUT2D eigenvalue weighted by Crippen LogP contribution is -2.46. The van der Waals surface area contributed by atoms with E-state index in [-0.39, 0.29) is 18.7 Å². The molecule has 2 N–H and O–H groups in total. The number of benzene rings is 3. The molecule has 0 aromatic heterocycles. The summed E-state index contributed by atoms with van der Waals surface area (Å²) in [6.45, 7) is 0. The summed E-state index contributed by atoms with van der Waals surface area (Å²) >= 11 is 0. The Balaban J connectivity index is 1.79. The van der Waals surface area contributed by atoms with Crippen LogP contribution in [-0.4, -0.2) is 18.1 Å². The number of ether oxygens (including phenoxy) is 1. The molecule has 29 heavy (non-hydrogen) atoms. The van der Waals surface area contributed by atoms with Gasteiger partial charge in [0.05, 0.1) is 13.5 Å². The topological polar surface area (TPSA) is 58.6 Å². The number of aliphatic hydroxyl groups is 1. The molecule has 0 aliphatic rings. The first kappa shape index (κ1) is 20.6. The van der Waals surface area contributed by atoms with Gasteiger partial charge in [-0.05, 0) is 41.8 Å². The zero-order valence-electron chi connectivity index (χ0n) is 16.3. The number of hydrogen-bond donors (Lipinski definition) is 2. The van der Waals surface area contributed by atoms with Crippen LogP contribution in [0.3, 0.4) is 0 Å². The molecule has 0 saturated heterocycles. The number of carbonyl (C=O) groups is 1. The highest BCUT2D eigenvalue weighted by Crippen LogP contribution is 2.26. The highest BCUT2D eigenvalue weighted by atomic mass is 19.1. The highest BCUT2D eigenvalue weighted by molar-refractivity contribution is 5.79. The van der Waals surface area contributed by atoms with Crippen molar-refractivity contribution < 1.29 is 19.0 Å². The molecule has 0 fully saturated rings. The lowest BCUT2D eigenvalue weighted by molar-refractivity contribution is -0.129. The molecule has 0 bridgehead atoms. The van der Waals surface area contributed by atoms with Gasteiger partial charge in [-0.2, -0.15) is 0 Å². The molecule has 3 aromatic rings. The van der Waals surface area contributed by atoms with Gasteiger partial charge in [0.15, 0.2) is 5.72 Å². The summed E-state index contributed by atoms with van der Waals surface area (Å²) in [5.74, 6) is 0.00844. The van der Waals surface area contributed by atoms with Gasteiger partial charge in [-0.25, -0.2) is 4.39 Å². The van der Waals surface area contributed by atoms with Gasteiger partial charge in [-0.1, -0.05) is 54.6 Å². The summed E-state index contributed by atoms with van der Waals surface area (Å²) in [7, 11) is 1.60. The van der Waals surface area contributed by atoms with Gasteiger partial charge >= 0.3 is 0 Å². The van der Waals surface area contributed by atoms with Crippen molar-refractivity contribution in [1.82, 2.24) is 5.32 Å². The van der Waals surface area contributed by atoms with Gasteiger partial charge in [-0.15, -0.1) is 0 Å². The first-order valence-corrected chi connectivity index (χ1v) is 9.45. The number of halogens is 1. The smallest absolute Gasteiger partial charge is 0.226 e. The molecule has 1 unspecified atom stereocenters. The fourth-order valence-electron chi connectivity index (χ4n) is 3.21. The molecule has 3 rings (SSSR count). The fourth-order valence-corrected chi connectivity index (χ4v) is 3.21. The van der Waals surface area contributed by atoms with E-state index in [0.29, 0.717) is 12.0 Å². The molecule has 0 heterocycles. The molecule has 0 radical (unpaired) electrons. The molecule has 4 nitrogen and oxygen atoms in total. The van der Waals surface area contributed by atoms with E-state index in [9.17, 15) is 14.3 Å². The predicted molar refractivity (Wildman–Crippen MR) is 110 cm³/mol. The molecule has 0 spiro atoms. The maximum Gasteiger partial charge on any atom is 0.226 e. The third-order valence-electron chi connectivity index (χ3n) is 4.79. The minimum absolute atomic E-state index is 0.142. The Kier molecular flexibility index (Phi) is 6.62. The van der Waals surface area contributed by atoms with Crippen molar-refractivity contribution in [3.63, 3.8) is 0 Å². The minimum atomic E-state index is -1.62. The van der Waals surface area contributed by atoms with Gasteiger partial charge in [-0.3, -0.25) is 4.79 Å². The quantitative estimate of drug-likeness (QED) is 0.570. The second kappa shape index (κ2) is 9.34. The molecule has 150 valence electrons. The van der Waals surface area contributed by atoms with Gasteiger partial charge in [0, 0.05) is 12.0 Å². The van der Waals surface area contributed by atoms with Crippen LogP contribution in [-0.2, 0) is 23.4 Å². The van der Waals surface area contributed by atoms with Crippen molar-refractivity contribution in [2.45, 2.75) is 25.0 Å². The molecular formula is C24H24FNO3. The maximum absolute atomic E-state index is 13.4. The third kappa shape index (κ3) is 5.65. The van der Waals surface area contributed by atoms with Crippen LogP contribution in [0.25, 0.3) is 0 Å². The van der Waals surface area contributed by atoms with Crippen molar-refractivity contribution in [3.05, 3.63) is 101 Å². The van der Waals surface area contributed by atoms with Gasteiger partial charge in [0.2, 0.25) is 5.91 Å². The zero-order chi connectivity index (χ0) is 20.7. The summed E-state index contributed by atoms with van der Waals surface area (Å²) < 4.78 is 18.6. The number of amides is 1. The summed E-state index contributed by atoms with van der Waals surface area (Å²) in [5, 5.41) is 14.1. The second-order valence-corrected chi connectivity index (χ2v) is 6.93. The van der Waals surface area contributed by atoms with Crippen LogP contribution in [0.2, 0.25) is 0 Å². The Hall–Kier alpha value is -3.18. The molecule has 0 saturated carbocycles. The predicted octanol–water partition coefficient (Wildman–Crippen LogP) is 3.97. The van der Waals surface area contributed by atoms with Crippen molar-refractivity contribution >= 4 is 5.91 Å². The Morgan fingerprint density at radius 2 is 1.69 bits per heavy atom. The van der Waals surface area contributed by atoms with E-state index in [2.05, 4.69) is 5.32 Å². The Morgan fingerprint density at radius 1 is 1.00 bits per heavy atom. The summed E-state index contributed by atoms with van der Waals surface area (Å²) in [6, 6.07) is 22.4. The molecule has 3 aromatic carbocycles. The standard InChI is InChI=1S/C24H24FNO3/c1-29-22-9-5-8-19(16-22)14-15-24(28,20-10-12-21(25)13-11-20)26-23(27)17-18-6-3-2-4-7-18/h2-13,16,28H,14-15,17H2,1H3,(H,26,27). The van der Waals surface area contributed by atoms with Gasteiger partial charge in [0.1, 0.15) is 11.6 Å². The number of carbonyl (C=O) groups excluding carboxylic acids is 1. The van der Waals surface area contributed by atoms with Crippen LogP contribution in [0.15, 0.2) is 78.9 Å². The monoisotopic (exact) mass is 393 g/mol. The van der Waals surface area contributed by atoms with Crippen molar-refractivity contribution in [2.24, 2.45) is 0 Å². The molecule has 1 atom stereocenters. The van der Waals surface area contributed by atoms with Crippen LogP contribution in [0, 0.1) is 5.82 Å². The van der Waals surface area contributed by atoms with Crippen molar-refractivity contribution in [1.29, 1.82) is 0 Å². The van der Waals surface area contributed by atoms with E-state index < -0.39 is 11.5 Å². The van der Waals surface area contributed by atoms with E-state index in [1.165, 1.54) is 24.3 Å². The van der Waals surface area contributed by atoms with Crippen LogP contribution in [0.1, 0.15) is 23.1 Å².